The maximum absolute atomic E-state index is 12.4. The highest BCUT2D eigenvalue weighted by molar-refractivity contribution is 7.12. The fourth-order valence-electron chi connectivity index (χ4n) is 2.15. The number of ether oxygens (including phenoxy) is 1. The van der Waals surface area contributed by atoms with Crippen LogP contribution in [-0.2, 0) is 0 Å². The summed E-state index contributed by atoms with van der Waals surface area (Å²) >= 11 is 1.16. The van der Waals surface area contributed by atoms with Gasteiger partial charge in [0.1, 0.15) is 16.4 Å². The third kappa shape index (κ3) is 6.45. The van der Waals surface area contributed by atoms with E-state index in [4.69, 9.17) is 0 Å². The molecular formula is C18H18F3N3O2S. The van der Waals surface area contributed by atoms with Gasteiger partial charge in [-0.25, -0.2) is 4.98 Å². The molecule has 2 N–H and O–H groups in total. The molecule has 0 unspecified atom stereocenters. The molecule has 0 saturated heterocycles. The summed E-state index contributed by atoms with van der Waals surface area (Å²) in [4.78, 5) is 16.9. The Morgan fingerprint density at radius 1 is 1.33 bits per heavy atom. The second-order valence-corrected chi connectivity index (χ2v) is 6.16. The van der Waals surface area contributed by atoms with Crippen molar-refractivity contribution in [2.75, 3.05) is 17.2 Å². The molecule has 1 amide bonds. The third-order valence-corrected chi connectivity index (χ3v) is 4.28. The van der Waals surface area contributed by atoms with E-state index >= 15 is 0 Å². The molecular weight excluding hydrogens is 379 g/mol. The number of carbonyl (C=O) groups is 1. The number of anilines is 2. The second kappa shape index (κ2) is 9.22. The highest BCUT2D eigenvalue weighted by Gasteiger charge is 2.31. The van der Waals surface area contributed by atoms with Crippen LogP contribution in [0.15, 0.2) is 54.1 Å². The van der Waals surface area contributed by atoms with Gasteiger partial charge in [0.15, 0.2) is 0 Å². The minimum atomic E-state index is -4.76. The first-order chi connectivity index (χ1) is 12.8. The molecule has 0 aliphatic rings. The largest absolute Gasteiger partial charge is 0.573 e. The van der Waals surface area contributed by atoms with Gasteiger partial charge in [-0.3, -0.25) is 4.79 Å². The molecule has 1 aromatic carbocycles. The number of aromatic nitrogens is 1. The molecule has 1 heterocycles. The summed E-state index contributed by atoms with van der Waals surface area (Å²) in [7, 11) is 0. The van der Waals surface area contributed by atoms with Crippen molar-refractivity contribution in [2.45, 2.75) is 19.7 Å². The Kier molecular flexibility index (Phi) is 7.00. The lowest BCUT2D eigenvalue weighted by Gasteiger charge is -2.10. The number of hydrogen-bond donors (Lipinski definition) is 2. The molecule has 1 aromatic heterocycles. The van der Waals surface area contributed by atoms with Crippen LogP contribution in [0.1, 0.15) is 23.0 Å². The van der Waals surface area contributed by atoms with Gasteiger partial charge in [-0.2, -0.15) is 0 Å². The molecule has 0 atom stereocenters. The zero-order valence-electron chi connectivity index (χ0n) is 14.5. The summed E-state index contributed by atoms with van der Waals surface area (Å²) in [6.45, 7) is 6.22. The number of alkyl halides is 3. The van der Waals surface area contributed by atoms with E-state index in [1.165, 1.54) is 12.1 Å². The Balaban J connectivity index is 1.96. The first-order valence-electron chi connectivity index (χ1n) is 7.94. The van der Waals surface area contributed by atoms with Crippen LogP contribution in [0.4, 0.5) is 24.7 Å². The number of rotatable bonds is 8. The van der Waals surface area contributed by atoms with Crippen LogP contribution >= 0.6 is 11.3 Å². The van der Waals surface area contributed by atoms with Gasteiger partial charge in [0, 0.05) is 12.2 Å². The van der Waals surface area contributed by atoms with E-state index in [1.54, 1.807) is 11.6 Å². The number of nitrogens with zero attached hydrogens (tertiary/aromatic N) is 1. The topological polar surface area (TPSA) is 63.2 Å². The summed E-state index contributed by atoms with van der Waals surface area (Å²) in [5, 5.41) is 5.72. The van der Waals surface area contributed by atoms with Crippen molar-refractivity contribution in [1.82, 2.24) is 4.98 Å². The molecule has 27 heavy (non-hydrogen) atoms. The Bertz CT molecular complexity index is 814. The second-order valence-electron chi connectivity index (χ2n) is 5.30. The molecule has 0 aliphatic carbocycles. The fraction of sp³-hybridized carbons (Fsp3) is 0.222. The van der Waals surface area contributed by atoms with Crippen molar-refractivity contribution in [2.24, 2.45) is 0 Å². The van der Waals surface area contributed by atoms with E-state index in [-0.39, 0.29) is 5.75 Å². The number of carbonyl (C=O) groups excluding carboxylic acids is 1. The lowest BCUT2D eigenvalue weighted by molar-refractivity contribution is -0.274. The van der Waals surface area contributed by atoms with E-state index in [0.717, 1.165) is 35.5 Å². The van der Waals surface area contributed by atoms with E-state index in [9.17, 15) is 18.0 Å². The molecule has 0 fully saturated rings. The quantitative estimate of drug-likeness (QED) is 0.599. The summed E-state index contributed by atoms with van der Waals surface area (Å²) < 4.78 is 40.3. The van der Waals surface area contributed by atoms with Crippen molar-refractivity contribution in [3.63, 3.8) is 0 Å². The van der Waals surface area contributed by atoms with Crippen molar-refractivity contribution in [3.8, 4) is 5.75 Å². The molecule has 9 heteroatoms. The van der Waals surface area contributed by atoms with Gasteiger partial charge in [0.2, 0.25) is 0 Å². The molecule has 5 nitrogen and oxygen atoms in total. The van der Waals surface area contributed by atoms with Crippen molar-refractivity contribution in [3.05, 3.63) is 59.0 Å². The van der Waals surface area contributed by atoms with E-state index in [0.29, 0.717) is 22.9 Å². The van der Waals surface area contributed by atoms with Crippen LogP contribution in [-0.4, -0.2) is 23.8 Å². The predicted molar refractivity (Wildman–Crippen MR) is 100 cm³/mol. The monoisotopic (exact) mass is 397 g/mol. The summed E-state index contributed by atoms with van der Waals surface area (Å²) in [6.07, 6.45) is -0.302. The van der Waals surface area contributed by atoms with Gasteiger partial charge >= 0.3 is 6.36 Å². The van der Waals surface area contributed by atoms with Gasteiger partial charge < -0.3 is 15.4 Å². The van der Waals surface area contributed by atoms with Gasteiger partial charge in [0.25, 0.3) is 5.91 Å². The Morgan fingerprint density at radius 3 is 2.63 bits per heavy atom. The van der Waals surface area contributed by atoms with Crippen LogP contribution in [0, 0.1) is 0 Å². The zero-order valence-corrected chi connectivity index (χ0v) is 15.3. The zero-order chi connectivity index (χ0) is 19.9. The van der Waals surface area contributed by atoms with E-state index in [2.05, 4.69) is 26.9 Å². The molecule has 0 spiro atoms. The van der Waals surface area contributed by atoms with Crippen LogP contribution in [0.25, 0.3) is 0 Å². The predicted octanol–water partition coefficient (Wildman–Crippen LogP) is 5.23. The average molecular weight is 397 g/mol. The number of halogens is 3. The lowest BCUT2D eigenvalue weighted by Crippen LogP contribution is -2.17. The molecule has 0 saturated carbocycles. The van der Waals surface area contributed by atoms with E-state index < -0.39 is 12.3 Å². The van der Waals surface area contributed by atoms with Crippen molar-refractivity contribution in [1.29, 1.82) is 0 Å². The van der Waals surface area contributed by atoms with Crippen LogP contribution < -0.4 is 15.4 Å². The normalized spacial score (nSPS) is 11.8. The molecule has 0 radical (unpaired) electrons. The lowest BCUT2D eigenvalue weighted by atomic mass is 10.2. The highest BCUT2D eigenvalue weighted by atomic mass is 32.1. The standard InChI is InChI=1S/C18H18F3N3O2S/c1-3-12(4-2)9-10-22-16-15(27-11-23-16)17(25)24-13-5-7-14(8-6-13)26-18(19,20)21/h3-8,11,22H,1,9-10H2,2H3,(H,24,25)/b12-4+. The minimum absolute atomic E-state index is 0.344. The SMILES string of the molecule is C=C/C(=C\C)CCNc1ncsc1C(=O)Nc1ccc(OC(F)(F)F)cc1. The summed E-state index contributed by atoms with van der Waals surface area (Å²) in [5.74, 6) is -0.309. The number of hydrogen-bond acceptors (Lipinski definition) is 5. The highest BCUT2D eigenvalue weighted by Crippen LogP contribution is 2.25. The number of nitrogens with one attached hydrogen (secondary N) is 2. The Labute approximate surface area is 158 Å². The molecule has 2 rings (SSSR count). The fourth-order valence-corrected chi connectivity index (χ4v) is 2.81. The van der Waals surface area contributed by atoms with E-state index in [1.807, 2.05) is 13.0 Å². The number of thiazole rings is 1. The average Bonchev–Trinajstić information content (AvgIpc) is 3.08. The number of benzene rings is 1. The van der Waals surface area contributed by atoms with Crippen LogP contribution in [0.2, 0.25) is 0 Å². The minimum Gasteiger partial charge on any atom is -0.406 e. The maximum atomic E-state index is 12.4. The molecule has 2 aromatic rings. The van der Waals surface area contributed by atoms with Crippen molar-refractivity contribution >= 4 is 28.7 Å². The summed E-state index contributed by atoms with van der Waals surface area (Å²) in [6, 6.07) is 4.91. The van der Waals surface area contributed by atoms with Crippen LogP contribution in [0.5, 0.6) is 5.75 Å². The van der Waals surface area contributed by atoms with Gasteiger partial charge in [-0.05, 0) is 37.6 Å². The first-order valence-corrected chi connectivity index (χ1v) is 8.82. The number of allylic oxidation sites excluding steroid dienone is 2. The maximum Gasteiger partial charge on any atom is 0.573 e. The van der Waals surface area contributed by atoms with Crippen molar-refractivity contribution < 1.29 is 22.7 Å². The van der Waals surface area contributed by atoms with Gasteiger partial charge in [-0.1, -0.05) is 24.3 Å². The smallest absolute Gasteiger partial charge is 0.406 e. The summed E-state index contributed by atoms with van der Waals surface area (Å²) in [5.41, 5.74) is 2.96. The van der Waals surface area contributed by atoms with Gasteiger partial charge in [-0.15, -0.1) is 24.5 Å². The number of amides is 1. The molecule has 0 aliphatic heterocycles. The third-order valence-electron chi connectivity index (χ3n) is 3.46. The molecule has 144 valence electrons. The van der Waals surface area contributed by atoms with Gasteiger partial charge in [0.05, 0.1) is 5.51 Å². The Hall–Kier alpha value is -2.81. The Morgan fingerprint density at radius 2 is 2.04 bits per heavy atom. The molecule has 0 bridgehead atoms. The van der Waals surface area contributed by atoms with Crippen LogP contribution in [0.3, 0.4) is 0 Å². The first kappa shape index (κ1) is 20.5.